The molecule has 0 radical (unpaired) electrons. The van der Waals surface area contributed by atoms with E-state index in [1.807, 2.05) is 6.07 Å². The Labute approximate surface area is 172 Å². The van der Waals surface area contributed by atoms with Crippen LogP contribution in [-0.2, 0) is 16.1 Å². The monoisotopic (exact) mass is 413 g/mol. The largest absolute Gasteiger partial charge is 0.452 e. The van der Waals surface area contributed by atoms with E-state index in [-0.39, 0.29) is 23.5 Å². The average molecular weight is 413 g/mol. The van der Waals surface area contributed by atoms with Gasteiger partial charge in [-0.15, -0.1) is 11.8 Å². The molecular weight excluding hydrogens is 393 g/mol. The van der Waals surface area contributed by atoms with Crippen molar-refractivity contribution in [3.05, 3.63) is 58.5 Å². The first-order valence-electron chi connectivity index (χ1n) is 9.07. The zero-order valence-electron chi connectivity index (χ0n) is 16.1. The van der Waals surface area contributed by atoms with E-state index < -0.39 is 18.5 Å². The van der Waals surface area contributed by atoms with Gasteiger partial charge in [0, 0.05) is 25.2 Å². The number of aromatic nitrogens is 1. The highest BCUT2D eigenvalue weighted by Crippen LogP contribution is 2.40. The van der Waals surface area contributed by atoms with Crippen LogP contribution in [0.15, 0.2) is 35.4 Å². The quantitative estimate of drug-likeness (QED) is 0.510. The molecule has 1 fully saturated rings. The Hall–Kier alpha value is -2.92. The van der Waals surface area contributed by atoms with Gasteiger partial charge in [0.05, 0.1) is 11.1 Å². The van der Waals surface area contributed by atoms with Crippen molar-refractivity contribution < 1.29 is 18.7 Å². The first-order valence-corrected chi connectivity index (χ1v) is 10.3. The summed E-state index contributed by atoms with van der Waals surface area (Å²) in [5.74, 6) is -1.23. The predicted molar refractivity (Wildman–Crippen MR) is 106 cm³/mol. The van der Waals surface area contributed by atoms with Crippen LogP contribution in [0, 0.1) is 17.1 Å². The fourth-order valence-electron chi connectivity index (χ4n) is 2.86. The first kappa shape index (κ1) is 20.8. The van der Waals surface area contributed by atoms with Crippen molar-refractivity contribution in [2.45, 2.75) is 30.3 Å². The molecule has 150 valence electrons. The Morgan fingerprint density at radius 3 is 2.76 bits per heavy atom. The fraction of sp³-hybridized carbons (Fsp3) is 0.333. The number of hydrogen-bond donors (Lipinski definition) is 0. The molecule has 0 aliphatic heterocycles. The number of likely N-dealkylation sites (N-methyl/N-ethyl adjacent to an activating group) is 1. The molecule has 6 nitrogen and oxygen atoms in total. The van der Waals surface area contributed by atoms with Crippen molar-refractivity contribution in [2.75, 3.05) is 19.9 Å². The van der Waals surface area contributed by atoms with E-state index in [0.717, 1.165) is 18.5 Å². The lowest BCUT2D eigenvalue weighted by molar-refractivity contribution is -0.133. The van der Waals surface area contributed by atoms with Crippen LogP contribution in [0.25, 0.3) is 0 Å². The molecule has 1 amide bonds. The summed E-state index contributed by atoms with van der Waals surface area (Å²) in [5.41, 5.74) is 1.70. The van der Waals surface area contributed by atoms with Gasteiger partial charge in [0.1, 0.15) is 16.9 Å². The van der Waals surface area contributed by atoms with Gasteiger partial charge in [0.2, 0.25) is 0 Å². The molecule has 1 saturated carbocycles. The maximum absolute atomic E-state index is 13.3. The Balaban J connectivity index is 1.67. The summed E-state index contributed by atoms with van der Waals surface area (Å²) in [6.07, 6.45) is 3.80. The van der Waals surface area contributed by atoms with Gasteiger partial charge in [-0.1, -0.05) is 12.1 Å². The zero-order valence-corrected chi connectivity index (χ0v) is 17.0. The van der Waals surface area contributed by atoms with Crippen molar-refractivity contribution in [1.29, 1.82) is 5.26 Å². The van der Waals surface area contributed by atoms with Crippen LogP contribution < -0.4 is 0 Å². The summed E-state index contributed by atoms with van der Waals surface area (Å²) in [4.78, 5) is 30.7. The van der Waals surface area contributed by atoms with E-state index in [1.54, 1.807) is 31.5 Å². The Morgan fingerprint density at radius 1 is 1.38 bits per heavy atom. The molecule has 1 aliphatic carbocycles. The molecular formula is C21H20FN3O3S. The average Bonchev–Trinajstić information content (AvgIpc) is 3.56. The highest BCUT2D eigenvalue weighted by atomic mass is 32.2. The second-order valence-electron chi connectivity index (χ2n) is 6.82. The van der Waals surface area contributed by atoms with Crippen LogP contribution >= 0.6 is 11.8 Å². The third kappa shape index (κ3) is 5.12. The molecule has 0 saturated heterocycles. The first-order chi connectivity index (χ1) is 13.9. The molecule has 0 atom stereocenters. The summed E-state index contributed by atoms with van der Waals surface area (Å²) in [5, 5.41) is 9.94. The van der Waals surface area contributed by atoms with E-state index in [2.05, 4.69) is 4.98 Å². The molecule has 0 spiro atoms. The SMILES string of the molecule is CSc1nc(C2CC2)cc(C(=O)OCC(=O)N(C)Cc2cccc(F)c2)c1C#N. The summed E-state index contributed by atoms with van der Waals surface area (Å²) in [6.45, 7) is -0.277. The number of nitrogens with zero attached hydrogens (tertiary/aromatic N) is 3. The minimum Gasteiger partial charge on any atom is -0.452 e. The lowest BCUT2D eigenvalue weighted by atomic mass is 10.1. The van der Waals surface area contributed by atoms with Gasteiger partial charge >= 0.3 is 5.97 Å². The number of ether oxygens (including phenoxy) is 1. The number of carbonyl (C=O) groups excluding carboxylic acids is 2. The second kappa shape index (κ2) is 9.05. The van der Waals surface area contributed by atoms with Crippen molar-refractivity contribution >= 4 is 23.6 Å². The molecule has 3 rings (SSSR count). The summed E-state index contributed by atoms with van der Waals surface area (Å²) < 4.78 is 18.5. The maximum Gasteiger partial charge on any atom is 0.340 e. The van der Waals surface area contributed by atoms with Gasteiger partial charge in [-0.05, 0) is 42.9 Å². The third-order valence-electron chi connectivity index (χ3n) is 4.59. The summed E-state index contributed by atoms with van der Waals surface area (Å²) >= 11 is 1.30. The van der Waals surface area contributed by atoms with Crippen LogP contribution in [0.3, 0.4) is 0 Å². The lowest BCUT2D eigenvalue weighted by Crippen LogP contribution is -2.31. The molecule has 1 heterocycles. The molecule has 0 N–H and O–H groups in total. The predicted octanol–water partition coefficient (Wildman–Crippen LogP) is 3.51. The fourth-order valence-corrected chi connectivity index (χ4v) is 3.41. The van der Waals surface area contributed by atoms with E-state index >= 15 is 0 Å². The van der Waals surface area contributed by atoms with Gasteiger partial charge in [0.25, 0.3) is 5.91 Å². The number of halogens is 1. The van der Waals surface area contributed by atoms with E-state index in [9.17, 15) is 19.2 Å². The number of thioether (sulfide) groups is 1. The van der Waals surface area contributed by atoms with Crippen molar-refractivity contribution in [3.8, 4) is 6.07 Å². The number of nitriles is 1. The Morgan fingerprint density at radius 2 is 2.14 bits per heavy atom. The zero-order chi connectivity index (χ0) is 21.0. The van der Waals surface area contributed by atoms with Crippen LogP contribution in [0.2, 0.25) is 0 Å². The number of benzene rings is 1. The highest BCUT2D eigenvalue weighted by molar-refractivity contribution is 7.98. The van der Waals surface area contributed by atoms with Crippen LogP contribution in [0.4, 0.5) is 4.39 Å². The molecule has 1 aromatic heterocycles. The van der Waals surface area contributed by atoms with Gasteiger partial charge in [0.15, 0.2) is 6.61 Å². The normalized spacial score (nSPS) is 12.9. The number of carbonyl (C=O) groups is 2. The Bertz CT molecular complexity index is 986. The number of hydrogen-bond acceptors (Lipinski definition) is 6. The topological polar surface area (TPSA) is 83.3 Å². The number of pyridine rings is 1. The van der Waals surface area contributed by atoms with E-state index in [1.165, 1.54) is 28.8 Å². The van der Waals surface area contributed by atoms with Gasteiger partial charge < -0.3 is 9.64 Å². The molecule has 8 heteroatoms. The minimum atomic E-state index is -0.728. The van der Waals surface area contributed by atoms with Gasteiger partial charge in [-0.25, -0.2) is 14.2 Å². The van der Waals surface area contributed by atoms with Crippen molar-refractivity contribution in [3.63, 3.8) is 0 Å². The van der Waals surface area contributed by atoms with Crippen LogP contribution in [0.5, 0.6) is 0 Å². The number of rotatable bonds is 7. The molecule has 2 aromatic rings. The maximum atomic E-state index is 13.3. The molecule has 29 heavy (non-hydrogen) atoms. The van der Waals surface area contributed by atoms with Crippen molar-refractivity contribution in [2.24, 2.45) is 0 Å². The summed E-state index contributed by atoms with van der Waals surface area (Å²) in [6, 6.07) is 9.55. The van der Waals surface area contributed by atoms with Crippen LogP contribution in [-0.4, -0.2) is 41.7 Å². The lowest BCUT2D eigenvalue weighted by Gasteiger charge is -2.17. The second-order valence-corrected chi connectivity index (χ2v) is 7.62. The Kier molecular flexibility index (Phi) is 6.49. The van der Waals surface area contributed by atoms with Crippen LogP contribution in [0.1, 0.15) is 45.9 Å². The van der Waals surface area contributed by atoms with E-state index in [4.69, 9.17) is 4.74 Å². The van der Waals surface area contributed by atoms with Gasteiger partial charge in [-0.3, -0.25) is 4.79 Å². The highest BCUT2D eigenvalue weighted by Gasteiger charge is 2.29. The molecule has 0 bridgehead atoms. The third-order valence-corrected chi connectivity index (χ3v) is 5.27. The number of amides is 1. The molecule has 0 unspecified atom stereocenters. The number of esters is 1. The minimum absolute atomic E-state index is 0.134. The van der Waals surface area contributed by atoms with E-state index in [0.29, 0.717) is 16.5 Å². The molecule has 1 aliphatic rings. The standard InChI is InChI=1S/C21H20FN3O3S/c1-25(11-13-4-3-5-15(22)8-13)19(26)12-28-21(27)16-9-18(14-6-7-14)24-20(29-2)17(16)10-23/h3-5,8-9,14H,6-7,11-12H2,1-2H3. The smallest absolute Gasteiger partial charge is 0.340 e. The summed E-state index contributed by atoms with van der Waals surface area (Å²) in [7, 11) is 1.55. The van der Waals surface area contributed by atoms with Gasteiger partial charge in [-0.2, -0.15) is 5.26 Å². The molecule has 1 aromatic carbocycles. The van der Waals surface area contributed by atoms with Crippen molar-refractivity contribution in [1.82, 2.24) is 9.88 Å².